The fourth-order valence-electron chi connectivity index (χ4n) is 4.48. The van der Waals surface area contributed by atoms with Crippen molar-refractivity contribution in [3.63, 3.8) is 0 Å². The highest BCUT2D eigenvalue weighted by Crippen LogP contribution is 2.39. The monoisotopic (exact) mass is 487 g/mol. The lowest BCUT2D eigenvalue weighted by Crippen LogP contribution is -2.33. The minimum Gasteiger partial charge on any atom is -0.503 e. The van der Waals surface area contributed by atoms with Gasteiger partial charge in [-0.2, -0.15) is 0 Å². The summed E-state index contributed by atoms with van der Waals surface area (Å²) in [4.78, 5) is 28.1. The molecule has 36 heavy (non-hydrogen) atoms. The summed E-state index contributed by atoms with van der Waals surface area (Å²) in [6.07, 6.45) is 1.07. The number of Topliss-reactive ketones (excluding diaryl/α,β-unsaturated/α-hetero) is 1. The minimum atomic E-state index is -0.739. The van der Waals surface area contributed by atoms with Crippen LogP contribution < -0.4 is 4.74 Å². The van der Waals surface area contributed by atoms with Crippen LogP contribution in [-0.4, -0.2) is 34.3 Å². The molecule has 0 radical (unpaired) electrons. The Bertz CT molecular complexity index is 1250. The number of ketones is 1. The first-order valence-corrected chi connectivity index (χ1v) is 12.2. The third-order valence-corrected chi connectivity index (χ3v) is 6.19. The Morgan fingerprint density at radius 2 is 1.67 bits per heavy atom. The van der Waals surface area contributed by atoms with Crippen LogP contribution in [0.25, 0.3) is 0 Å². The standard InChI is InChI=1S/C30H30FNO4/c1-20(2)36-25-10-6-9-23(19-25)28-27(26(33)16-13-21-7-4-3-5-8-21)29(34)30(35)32(28)18-17-22-11-14-24(31)15-12-22/h3-12,14-15,19-20,28,34H,13,16-18H2,1-2H3. The van der Waals surface area contributed by atoms with Crippen molar-refractivity contribution >= 4 is 11.7 Å². The van der Waals surface area contributed by atoms with E-state index < -0.39 is 17.7 Å². The summed E-state index contributed by atoms with van der Waals surface area (Å²) < 4.78 is 19.2. The first-order valence-electron chi connectivity index (χ1n) is 12.2. The molecule has 1 unspecified atom stereocenters. The topological polar surface area (TPSA) is 66.8 Å². The van der Waals surface area contributed by atoms with Crippen LogP contribution in [0.2, 0.25) is 0 Å². The highest BCUT2D eigenvalue weighted by atomic mass is 19.1. The zero-order valence-electron chi connectivity index (χ0n) is 20.5. The van der Waals surface area contributed by atoms with E-state index in [1.807, 2.05) is 68.4 Å². The van der Waals surface area contributed by atoms with Crippen molar-refractivity contribution in [2.24, 2.45) is 0 Å². The molecular formula is C30H30FNO4. The van der Waals surface area contributed by atoms with Crippen LogP contribution in [0.1, 0.15) is 43.0 Å². The number of amides is 1. The number of aryl methyl sites for hydroxylation is 1. The molecule has 0 fully saturated rings. The molecule has 186 valence electrons. The quantitative estimate of drug-likeness (QED) is 0.395. The normalized spacial score (nSPS) is 15.6. The minimum absolute atomic E-state index is 0.0454. The summed E-state index contributed by atoms with van der Waals surface area (Å²) in [7, 11) is 0. The van der Waals surface area contributed by atoms with Crippen LogP contribution >= 0.6 is 0 Å². The Kier molecular flexibility index (Phi) is 7.84. The highest BCUT2D eigenvalue weighted by molar-refractivity contribution is 6.09. The van der Waals surface area contributed by atoms with Gasteiger partial charge < -0.3 is 14.7 Å². The molecule has 3 aromatic carbocycles. The Balaban J connectivity index is 1.64. The number of aliphatic hydroxyl groups excluding tert-OH is 1. The average Bonchev–Trinajstić information content (AvgIpc) is 3.12. The molecule has 5 nitrogen and oxygen atoms in total. The van der Waals surface area contributed by atoms with Crippen molar-refractivity contribution < 1.29 is 23.8 Å². The van der Waals surface area contributed by atoms with Crippen LogP contribution in [-0.2, 0) is 22.4 Å². The maximum absolute atomic E-state index is 13.4. The molecule has 1 heterocycles. The molecule has 1 aliphatic heterocycles. The van der Waals surface area contributed by atoms with Crippen LogP contribution in [0.4, 0.5) is 4.39 Å². The van der Waals surface area contributed by atoms with E-state index in [0.29, 0.717) is 24.2 Å². The Labute approximate surface area is 210 Å². The summed E-state index contributed by atoms with van der Waals surface area (Å²) in [5.74, 6) is -1.07. The smallest absolute Gasteiger partial charge is 0.290 e. The number of ether oxygens (including phenoxy) is 1. The third-order valence-electron chi connectivity index (χ3n) is 6.19. The van der Waals surface area contributed by atoms with Crippen LogP contribution in [0.5, 0.6) is 5.75 Å². The summed E-state index contributed by atoms with van der Waals surface area (Å²) >= 11 is 0. The number of benzene rings is 3. The van der Waals surface area contributed by atoms with Crippen molar-refractivity contribution in [1.82, 2.24) is 4.90 Å². The van der Waals surface area contributed by atoms with E-state index in [2.05, 4.69) is 0 Å². The van der Waals surface area contributed by atoms with E-state index in [0.717, 1.165) is 11.1 Å². The van der Waals surface area contributed by atoms with Gasteiger partial charge in [-0.25, -0.2) is 4.39 Å². The van der Waals surface area contributed by atoms with Gasteiger partial charge in [0.2, 0.25) is 0 Å². The van der Waals surface area contributed by atoms with Gasteiger partial charge >= 0.3 is 0 Å². The van der Waals surface area contributed by atoms with Crippen molar-refractivity contribution in [2.45, 2.75) is 45.3 Å². The molecule has 0 bridgehead atoms. The lowest BCUT2D eigenvalue weighted by atomic mass is 9.93. The Morgan fingerprint density at radius 1 is 0.972 bits per heavy atom. The molecule has 1 amide bonds. The molecule has 0 saturated heterocycles. The number of carbonyl (C=O) groups is 2. The maximum Gasteiger partial charge on any atom is 0.290 e. The number of halogens is 1. The zero-order chi connectivity index (χ0) is 25.7. The van der Waals surface area contributed by atoms with Gasteiger partial charge in [0.1, 0.15) is 11.6 Å². The van der Waals surface area contributed by atoms with Crippen molar-refractivity contribution in [2.75, 3.05) is 6.54 Å². The molecule has 1 aliphatic rings. The van der Waals surface area contributed by atoms with E-state index >= 15 is 0 Å². The van der Waals surface area contributed by atoms with Crippen LogP contribution in [0, 0.1) is 5.82 Å². The molecule has 1 atom stereocenters. The number of carbonyl (C=O) groups excluding carboxylic acids is 2. The van der Waals surface area contributed by atoms with Crippen molar-refractivity contribution in [3.8, 4) is 5.75 Å². The van der Waals surface area contributed by atoms with Gasteiger partial charge in [-0.1, -0.05) is 54.6 Å². The molecule has 1 N–H and O–H groups in total. The van der Waals surface area contributed by atoms with Gasteiger partial charge in [-0.15, -0.1) is 0 Å². The van der Waals surface area contributed by atoms with Gasteiger partial charge in [0.25, 0.3) is 5.91 Å². The molecular weight excluding hydrogens is 457 g/mol. The van der Waals surface area contributed by atoms with E-state index in [-0.39, 0.29) is 36.2 Å². The van der Waals surface area contributed by atoms with Gasteiger partial charge in [-0.3, -0.25) is 9.59 Å². The number of aliphatic hydroxyl groups is 1. The Hall–Kier alpha value is -3.93. The summed E-state index contributed by atoms with van der Waals surface area (Å²) in [5.41, 5.74) is 2.65. The number of nitrogens with zero attached hydrogens (tertiary/aromatic N) is 1. The second-order valence-corrected chi connectivity index (χ2v) is 9.19. The second-order valence-electron chi connectivity index (χ2n) is 9.19. The van der Waals surface area contributed by atoms with Crippen molar-refractivity contribution in [1.29, 1.82) is 0 Å². The molecule has 0 aromatic heterocycles. The molecule has 0 saturated carbocycles. The molecule has 6 heteroatoms. The first-order chi connectivity index (χ1) is 17.3. The molecule has 0 spiro atoms. The predicted octanol–water partition coefficient (Wildman–Crippen LogP) is 5.75. The number of rotatable bonds is 10. The summed E-state index contributed by atoms with van der Waals surface area (Å²) in [6, 6.07) is 22.3. The SMILES string of the molecule is CC(C)Oc1cccc(C2C(C(=O)CCc3ccccc3)=C(O)C(=O)N2CCc2ccc(F)cc2)c1. The number of hydrogen-bond acceptors (Lipinski definition) is 4. The first kappa shape index (κ1) is 25.2. The van der Waals surface area contributed by atoms with E-state index in [1.54, 1.807) is 12.1 Å². The molecule has 0 aliphatic carbocycles. The summed E-state index contributed by atoms with van der Waals surface area (Å²) in [6.45, 7) is 4.10. The fourth-order valence-corrected chi connectivity index (χ4v) is 4.48. The fraction of sp³-hybridized carbons (Fsp3) is 0.267. The van der Waals surface area contributed by atoms with E-state index in [1.165, 1.54) is 17.0 Å². The van der Waals surface area contributed by atoms with Crippen molar-refractivity contribution in [3.05, 3.63) is 113 Å². The second kappa shape index (κ2) is 11.2. The number of hydrogen-bond donors (Lipinski definition) is 1. The lowest BCUT2D eigenvalue weighted by molar-refractivity contribution is -0.129. The summed E-state index contributed by atoms with van der Waals surface area (Å²) in [5, 5.41) is 10.9. The maximum atomic E-state index is 13.4. The highest BCUT2D eigenvalue weighted by Gasteiger charge is 2.43. The predicted molar refractivity (Wildman–Crippen MR) is 136 cm³/mol. The average molecular weight is 488 g/mol. The molecule has 3 aromatic rings. The van der Waals surface area contributed by atoms with Gasteiger partial charge in [-0.05, 0) is 67.6 Å². The van der Waals surface area contributed by atoms with Gasteiger partial charge in [0.15, 0.2) is 11.5 Å². The lowest BCUT2D eigenvalue weighted by Gasteiger charge is -2.27. The van der Waals surface area contributed by atoms with E-state index in [9.17, 15) is 19.1 Å². The largest absolute Gasteiger partial charge is 0.503 e. The van der Waals surface area contributed by atoms with E-state index in [4.69, 9.17) is 4.74 Å². The third kappa shape index (κ3) is 5.82. The zero-order valence-corrected chi connectivity index (χ0v) is 20.5. The molecule has 4 rings (SSSR count). The Morgan fingerprint density at radius 3 is 2.36 bits per heavy atom. The van der Waals surface area contributed by atoms with Crippen LogP contribution in [0.15, 0.2) is 90.2 Å². The van der Waals surface area contributed by atoms with Gasteiger partial charge in [0, 0.05) is 13.0 Å². The van der Waals surface area contributed by atoms with Crippen LogP contribution in [0.3, 0.4) is 0 Å². The van der Waals surface area contributed by atoms with Gasteiger partial charge in [0.05, 0.1) is 17.7 Å².